The summed E-state index contributed by atoms with van der Waals surface area (Å²) in [5.41, 5.74) is 0.889. The lowest BCUT2D eigenvalue weighted by atomic mass is 10.1. The van der Waals surface area contributed by atoms with Gasteiger partial charge in [0, 0.05) is 20.2 Å². The van der Waals surface area contributed by atoms with E-state index < -0.39 is 0 Å². The van der Waals surface area contributed by atoms with E-state index in [2.05, 4.69) is 5.32 Å². The molecular formula is C20H13NO3S. The number of rotatable bonds is 3. The largest absolute Gasteiger partial charge is 0.505 e. The zero-order chi connectivity index (χ0) is 17.4. The highest BCUT2D eigenvalue weighted by Gasteiger charge is 2.16. The lowest BCUT2D eigenvalue weighted by Crippen LogP contribution is -2.12. The van der Waals surface area contributed by atoms with Crippen LogP contribution in [0.1, 0.15) is 20.7 Å². The van der Waals surface area contributed by atoms with Crippen molar-refractivity contribution in [2.24, 2.45) is 0 Å². The molecule has 0 aliphatic heterocycles. The Morgan fingerprint density at radius 1 is 0.960 bits per heavy atom. The minimum atomic E-state index is -0.324. The average Bonchev–Trinajstić information content (AvgIpc) is 3.02. The summed E-state index contributed by atoms with van der Waals surface area (Å²) in [5, 5.41) is 14.9. The van der Waals surface area contributed by atoms with Gasteiger partial charge in [0.25, 0.3) is 5.91 Å². The first-order valence-electron chi connectivity index (χ1n) is 7.68. The van der Waals surface area contributed by atoms with Crippen molar-refractivity contribution >= 4 is 49.4 Å². The number of aromatic hydroxyl groups is 1. The first-order chi connectivity index (χ1) is 12.2. The van der Waals surface area contributed by atoms with Crippen LogP contribution in [0.5, 0.6) is 5.75 Å². The Kier molecular flexibility index (Phi) is 3.71. The fourth-order valence-electron chi connectivity index (χ4n) is 2.87. The number of para-hydroxylation sites is 1. The zero-order valence-corrected chi connectivity index (χ0v) is 13.8. The maximum absolute atomic E-state index is 12.8. The van der Waals surface area contributed by atoms with Gasteiger partial charge in [-0.2, -0.15) is 0 Å². The number of carbonyl (C=O) groups is 2. The van der Waals surface area contributed by atoms with E-state index in [0.717, 1.165) is 20.2 Å². The number of aldehydes is 1. The van der Waals surface area contributed by atoms with Crippen molar-refractivity contribution in [1.82, 2.24) is 0 Å². The van der Waals surface area contributed by atoms with Crippen molar-refractivity contribution in [1.29, 1.82) is 0 Å². The Morgan fingerprint density at radius 3 is 2.56 bits per heavy atom. The number of phenolic OH excluding ortho intramolecular Hbond substituents is 1. The molecule has 4 rings (SSSR count). The highest BCUT2D eigenvalue weighted by atomic mass is 32.1. The Hall–Kier alpha value is -3.18. The minimum Gasteiger partial charge on any atom is -0.505 e. The normalized spacial score (nSPS) is 10.9. The summed E-state index contributed by atoms with van der Waals surface area (Å²) in [7, 11) is 0. The van der Waals surface area contributed by atoms with Crippen LogP contribution in [0.25, 0.3) is 20.2 Å². The van der Waals surface area contributed by atoms with Gasteiger partial charge in [-0.05, 0) is 24.3 Å². The lowest BCUT2D eigenvalue weighted by molar-refractivity contribution is 0.102. The van der Waals surface area contributed by atoms with Crippen molar-refractivity contribution in [2.75, 3.05) is 5.32 Å². The quantitative estimate of drug-likeness (QED) is 0.412. The Bertz CT molecular complexity index is 1130. The first-order valence-corrected chi connectivity index (χ1v) is 8.49. The monoisotopic (exact) mass is 347 g/mol. The van der Waals surface area contributed by atoms with Gasteiger partial charge in [0.05, 0.1) is 16.8 Å². The van der Waals surface area contributed by atoms with Crippen LogP contribution >= 0.6 is 11.3 Å². The summed E-state index contributed by atoms with van der Waals surface area (Å²) in [6, 6.07) is 18.3. The predicted octanol–water partition coefficient (Wildman–Crippen LogP) is 4.82. The molecule has 4 nitrogen and oxygen atoms in total. The molecule has 25 heavy (non-hydrogen) atoms. The number of nitrogens with one attached hydrogen (secondary N) is 1. The second kappa shape index (κ2) is 6.03. The van der Waals surface area contributed by atoms with Crippen molar-refractivity contribution in [3.8, 4) is 5.75 Å². The number of anilines is 1. The Morgan fingerprint density at radius 2 is 1.72 bits per heavy atom. The maximum Gasteiger partial charge on any atom is 0.257 e. The number of phenols is 1. The third-order valence-corrected chi connectivity index (χ3v) is 5.31. The van der Waals surface area contributed by atoms with Crippen LogP contribution in [0.15, 0.2) is 60.7 Å². The van der Waals surface area contributed by atoms with Crippen LogP contribution in [0.4, 0.5) is 5.69 Å². The highest BCUT2D eigenvalue weighted by molar-refractivity contribution is 7.26. The molecule has 3 aromatic carbocycles. The van der Waals surface area contributed by atoms with E-state index in [0.29, 0.717) is 11.8 Å². The number of fused-ring (bicyclic) bond motifs is 3. The first kappa shape index (κ1) is 15.4. The van der Waals surface area contributed by atoms with Gasteiger partial charge in [0.2, 0.25) is 0 Å². The molecule has 0 spiro atoms. The number of benzene rings is 3. The molecule has 1 heterocycles. The molecule has 0 aliphatic carbocycles. The van der Waals surface area contributed by atoms with Crippen LogP contribution in [-0.4, -0.2) is 17.3 Å². The molecule has 1 amide bonds. The molecular weight excluding hydrogens is 334 g/mol. The van der Waals surface area contributed by atoms with E-state index in [1.165, 1.54) is 6.07 Å². The molecule has 0 atom stereocenters. The SMILES string of the molecule is O=Cc1cccc(NC(=O)c2cccc3c2sc2ccccc23)c1O. The second-order valence-electron chi connectivity index (χ2n) is 5.60. The molecule has 0 fully saturated rings. The molecule has 1 aromatic heterocycles. The van der Waals surface area contributed by atoms with Crippen molar-refractivity contribution in [3.05, 3.63) is 71.8 Å². The van der Waals surface area contributed by atoms with Gasteiger partial charge in [-0.15, -0.1) is 11.3 Å². The molecule has 0 saturated heterocycles. The van der Waals surface area contributed by atoms with Gasteiger partial charge in [-0.3, -0.25) is 9.59 Å². The van der Waals surface area contributed by atoms with Crippen molar-refractivity contribution < 1.29 is 14.7 Å². The summed E-state index contributed by atoms with van der Waals surface area (Å²) < 4.78 is 2.01. The molecule has 122 valence electrons. The fourth-order valence-corrected chi connectivity index (χ4v) is 4.09. The van der Waals surface area contributed by atoms with Crippen LogP contribution in [0, 0.1) is 0 Å². The van der Waals surface area contributed by atoms with Gasteiger partial charge >= 0.3 is 0 Å². The van der Waals surface area contributed by atoms with Crippen LogP contribution < -0.4 is 5.32 Å². The van der Waals surface area contributed by atoms with E-state index in [9.17, 15) is 14.7 Å². The third-order valence-electron chi connectivity index (χ3n) is 4.09. The molecule has 0 saturated carbocycles. The maximum atomic E-state index is 12.8. The molecule has 5 heteroatoms. The summed E-state index contributed by atoms with van der Waals surface area (Å²) in [6.07, 6.45) is 0.553. The van der Waals surface area contributed by atoms with Crippen LogP contribution in [0.3, 0.4) is 0 Å². The van der Waals surface area contributed by atoms with Gasteiger partial charge in [0.15, 0.2) is 6.29 Å². The van der Waals surface area contributed by atoms with Crippen molar-refractivity contribution in [3.63, 3.8) is 0 Å². The molecule has 2 N–H and O–H groups in total. The van der Waals surface area contributed by atoms with Crippen LogP contribution in [0.2, 0.25) is 0 Å². The summed E-state index contributed by atoms with van der Waals surface area (Å²) in [5.74, 6) is -0.551. The van der Waals surface area contributed by atoms with Gasteiger partial charge in [0.1, 0.15) is 5.75 Å². The van der Waals surface area contributed by atoms with Gasteiger partial charge < -0.3 is 10.4 Å². The predicted molar refractivity (Wildman–Crippen MR) is 101 cm³/mol. The smallest absolute Gasteiger partial charge is 0.257 e. The van der Waals surface area contributed by atoms with Gasteiger partial charge in [-0.25, -0.2) is 0 Å². The number of hydrogen-bond donors (Lipinski definition) is 2. The van der Waals surface area contributed by atoms with E-state index in [1.54, 1.807) is 29.5 Å². The average molecular weight is 347 g/mol. The lowest BCUT2D eigenvalue weighted by Gasteiger charge is -2.09. The van der Waals surface area contributed by atoms with E-state index >= 15 is 0 Å². The zero-order valence-electron chi connectivity index (χ0n) is 13.0. The second-order valence-corrected chi connectivity index (χ2v) is 6.65. The highest BCUT2D eigenvalue weighted by Crippen LogP contribution is 2.36. The fraction of sp³-hybridized carbons (Fsp3) is 0. The number of amides is 1. The van der Waals surface area contributed by atoms with E-state index in [1.807, 2.05) is 36.4 Å². The number of thiophene rings is 1. The molecule has 0 unspecified atom stereocenters. The Balaban J connectivity index is 1.79. The molecule has 0 aliphatic rings. The minimum absolute atomic E-state index is 0.137. The summed E-state index contributed by atoms with van der Waals surface area (Å²) >= 11 is 1.56. The van der Waals surface area contributed by atoms with Crippen molar-refractivity contribution in [2.45, 2.75) is 0 Å². The number of hydrogen-bond acceptors (Lipinski definition) is 4. The molecule has 4 aromatic rings. The summed E-state index contributed by atoms with van der Waals surface area (Å²) in [6.45, 7) is 0. The topological polar surface area (TPSA) is 66.4 Å². The van der Waals surface area contributed by atoms with Crippen LogP contribution in [-0.2, 0) is 0 Å². The standard InChI is InChI=1S/C20H13NO3S/c22-11-12-5-3-9-16(18(12)23)21-20(24)15-8-4-7-14-13-6-1-2-10-17(13)25-19(14)15/h1-11,23H,(H,21,24). The Labute approximate surface area is 147 Å². The molecule has 0 radical (unpaired) electrons. The molecule has 0 bridgehead atoms. The number of carbonyl (C=O) groups excluding carboxylic acids is 2. The van der Waals surface area contributed by atoms with Gasteiger partial charge in [-0.1, -0.05) is 36.4 Å². The summed E-state index contributed by atoms with van der Waals surface area (Å²) in [4.78, 5) is 23.7. The third kappa shape index (κ3) is 2.55. The van der Waals surface area contributed by atoms with E-state index in [4.69, 9.17) is 0 Å². The van der Waals surface area contributed by atoms with E-state index in [-0.39, 0.29) is 22.9 Å².